The minimum absolute atomic E-state index is 0.258. The molecule has 1 saturated carbocycles. The summed E-state index contributed by atoms with van der Waals surface area (Å²) in [5, 5.41) is 2.05. The largest absolute Gasteiger partial charge is 0.319 e. The quantitative estimate of drug-likeness (QED) is 0.852. The Labute approximate surface area is 94.5 Å². The summed E-state index contributed by atoms with van der Waals surface area (Å²) < 4.78 is 0. The van der Waals surface area contributed by atoms with Crippen LogP contribution in [-0.4, -0.2) is 11.3 Å². The molecule has 2 rings (SSSR count). The second kappa shape index (κ2) is 4.45. The Balaban J connectivity index is 1.87. The first-order valence-electron chi connectivity index (χ1n) is 5.55. The van der Waals surface area contributed by atoms with E-state index in [-0.39, 0.29) is 5.78 Å². The van der Waals surface area contributed by atoms with E-state index in [9.17, 15) is 4.79 Å². The molecular formula is C12H17NOS. The van der Waals surface area contributed by atoms with Crippen molar-refractivity contribution in [1.82, 2.24) is 0 Å². The lowest BCUT2D eigenvalue weighted by atomic mass is 9.90. The SMILES string of the molecule is NC1(C(=O)CCc2cccs2)CCCC1. The average Bonchev–Trinajstić information content (AvgIpc) is 2.85. The molecule has 1 aromatic heterocycles. The first-order chi connectivity index (χ1) is 7.21. The van der Waals surface area contributed by atoms with Crippen LogP contribution in [0, 0.1) is 0 Å². The van der Waals surface area contributed by atoms with E-state index in [1.807, 2.05) is 11.4 Å². The van der Waals surface area contributed by atoms with Crippen molar-refractivity contribution in [2.24, 2.45) is 5.73 Å². The molecule has 1 fully saturated rings. The Morgan fingerprint density at radius 1 is 1.47 bits per heavy atom. The normalized spacial score (nSPS) is 19.3. The van der Waals surface area contributed by atoms with Gasteiger partial charge in [-0.3, -0.25) is 4.79 Å². The number of ketones is 1. The van der Waals surface area contributed by atoms with Crippen LogP contribution in [0.25, 0.3) is 0 Å². The molecule has 3 heteroatoms. The predicted molar refractivity (Wildman–Crippen MR) is 63.0 cm³/mol. The summed E-state index contributed by atoms with van der Waals surface area (Å²) >= 11 is 1.71. The number of thiophene rings is 1. The van der Waals surface area contributed by atoms with Crippen molar-refractivity contribution in [3.05, 3.63) is 22.4 Å². The summed E-state index contributed by atoms with van der Waals surface area (Å²) in [6.07, 6.45) is 5.46. The fraction of sp³-hybridized carbons (Fsp3) is 0.583. The van der Waals surface area contributed by atoms with Crippen molar-refractivity contribution in [3.63, 3.8) is 0 Å². The van der Waals surface area contributed by atoms with Gasteiger partial charge in [0.1, 0.15) is 0 Å². The molecule has 1 aliphatic carbocycles. The molecule has 0 unspecified atom stereocenters. The number of carbonyl (C=O) groups excluding carboxylic acids is 1. The van der Waals surface area contributed by atoms with Crippen LogP contribution in [-0.2, 0) is 11.2 Å². The van der Waals surface area contributed by atoms with Gasteiger partial charge in [0.15, 0.2) is 5.78 Å². The number of carbonyl (C=O) groups is 1. The molecule has 2 nitrogen and oxygen atoms in total. The maximum atomic E-state index is 11.9. The zero-order valence-corrected chi connectivity index (χ0v) is 9.69. The highest BCUT2D eigenvalue weighted by molar-refractivity contribution is 7.09. The van der Waals surface area contributed by atoms with Crippen molar-refractivity contribution >= 4 is 17.1 Å². The zero-order valence-electron chi connectivity index (χ0n) is 8.87. The summed E-state index contributed by atoms with van der Waals surface area (Å²) in [5.74, 6) is 0.258. The lowest BCUT2D eigenvalue weighted by Crippen LogP contribution is -2.45. The number of hydrogen-bond donors (Lipinski definition) is 1. The second-order valence-electron chi connectivity index (χ2n) is 4.37. The molecule has 0 amide bonds. The molecule has 0 spiro atoms. The molecule has 15 heavy (non-hydrogen) atoms. The fourth-order valence-electron chi connectivity index (χ4n) is 2.23. The van der Waals surface area contributed by atoms with E-state index >= 15 is 0 Å². The van der Waals surface area contributed by atoms with Crippen molar-refractivity contribution < 1.29 is 4.79 Å². The van der Waals surface area contributed by atoms with E-state index in [1.165, 1.54) is 4.88 Å². The van der Waals surface area contributed by atoms with Gasteiger partial charge in [0, 0.05) is 11.3 Å². The minimum Gasteiger partial charge on any atom is -0.319 e. The summed E-state index contributed by atoms with van der Waals surface area (Å²) in [4.78, 5) is 13.2. The highest BCUT2D eigenvalue weighted by Gasteiger charge is 2.35. The van der Waals surface area contributed by atoms with Crippen LogP contribution < -0.4 is 5.73 Å². The summed E-state index contributed by atoms with van der Waals surface area (Å²) in [6.45, 7) is 0. The molecule has 0 aliphatic heterocycles. The van der Waals surface area contributed by atoms with Crippen molar-refractivity contribution in [2.75, 3.05) is 0 Å². The van der Waals surface area contributed by atoms with Gasteiger partial charge in [0.25, 0.3) is 0 Å². The van der Waals surface area contributed by atoms with Gasteiger partial charge in [-0.1, -0.05) is 18.9 Å². The molecule has 0 saturated heterocycles. The number of aryl methyl sites for hydroxylation is 1. The Kier molecular flexibility index (Phi) is 3.22. The summed E-state index contributed by atoms with van der Waals surface area (Å²) in [7, 11) is 0. The van der Waals surface area contributed by atoms with Crippen molar-refractivity contribution in [3.8, 4) is 0 Å². The van der Waals surface area contributed by atoms with Crippen LogP contribution in [0.1, 0.15) is 37.0 Å². The molecule has 0 atom stereocenters. The zero-order chi connectivity index (χ0) is 10.7. The van der Waals surface area contributed by atoms with Gasteiger partial charge in [-0.05, 0) is 30.7 Å². The van der Waals surface area contributed by atoms with E-state index in [2.05, 4.69) is 6.07 Å². The number of Topliss-reactive ketones (excluding diaryl/α,β-unsaturated/α-hetero) is 1. The van der Waals surface area contributed by atoms with Crippen LogP contribution >= 0.6 is 11.3 Å². The third-order valence-electron chi connectivity index (χ3n) is 3.23. The maximum absolute atomic E-state index is 11.9. The van der Waals surface area contributed by atoms with Gasteiger partial charge in [-0.25, -0.2) is 0 Å². The van der Waals surface area contributed by atoms with Crippen molar-refractivity contribution in [1.29, 1.82) is 0 Å². The van der Waals surface area contributed by atoms with E-state index in [1.54, 1.807) is 11.3 Å². The van der Waals surface area contributed by atoms with E-state index < -0.39 is 5.54 Å². The van der Waals surface area contributed by atoms with Gasteiger partial charge in [0.05, 0.1) is 5.54 Å². The Morgan fingerprint density at radius 3 is 2.80 bits per heavy atom. The number of nitrogens with two attached hydrogens (primary N) is 1. The molecule has 0 bridgehead atoms. The van der Waals surface area contributed by atoms with Gasteiger partial charge in [0.2, 0.25) is 0 Å². The average molecular weight is 223 g/mol. The Morgan fingerprint density at radius 2 is 2.20 bits per heavy atom. The Bertz CT molecular complexity index is 325. The standard InChI is InChI=1S/C12H17NOS/c13-12(7-1-2-8-12)11(14)6-5-10-4-3-9-15-10/h3-4,9H,1-2,5-8,13H2. The topological polar surface area (TPSA) is 43.1 Å². The third-order valence-corrected chi connectivity index (χ3v) is 4.17. The fourth-order valence-corrected chi connectivity index (χ4v) is 2.93. The monoisotopic (exact) mass is 223 g/mol. The van der Waals surface area contributed by atoms with Gasteiger partial charge >= 0.3 is 0 Å². The molecule has 1 aliphatic rings. The molecular weight excluding hydrogens is 206 g/mol. The molecule has 0 aromatic carbocycles. The van der Waals surface area contributed by atoms with E-state index in [0.717, 1.165) is 32.1 Å². The lowest BCUT2D eigenvalue weighted by molar-refractivity contribution is -0.123. The summed E-state index contributed by atoms with van der Waals surface area (Å²) in [6, 6.07) is 4.11. The van der Waals surface area contributed by atoms with Crippen LogP contribution in [0.15, 0.2) is 17.5 Å². The van der Waals surface area contributed by atoms with Crippen LogP contribution in [0.5, 0.6) is 0 Å². The summed E-state index contributed by atoms with van der Waals surface area (Å²) in [5.41, 5.74) is 5.61. The minimum atomic E-state index is -0.489. The number of hydrogen-bond acceptors (Lipinski definition) is 3. The highest BCUT2D eigenvalue weighted by atomic mass is 32.1. The van der Waals surface area contributed by atoms with Crippen LogP contribution in [0.3, 0.4) is 0 Å². The lowest BCUT2D eigenvalue weighted by Gasteiger charge is -2.21. The van der Waals surface area contributed by atoms with E-state index in [4.69, 9.17) is 5.73 Å². The van der Waals surface area contributed by atoms with Crippen LogP contribution in [0.4, 0.5) is 0 Å². The first kappa shape index (κ1) is 10.8. The van der Waals surface area contributed by atoms with E-state index in [0.29, 0.717) is 6.42 Å². The highest BCUT2D eigenvalue weighted by Crippen LogP contribution is 2.29. The number of rotatable bonds is 4. The molecule has 0 radical (unpaired) electrons. The third kappa shape index (κ3) is 2.47. The molecule has 1 aromatic rings. The maximum Gasteiger partial charge on any atom is 0.153 e. The predicted octanol–water partition coefficient (Wildman–Crippen LogP) is 2.52. The van der Waals surface area contributed by atoms with Gasteiger partial charge in [-0.2, -0.15) is 0 Å². The second-order valence-corrected chi connectivity index (χ2v) is 5.40. The first-order valence-corrected chi connectivity index (χ1v) is 6.43. The molecule has 2 N–H and O–H groups in total. The van der Waals surface area contributed by atoms with Gasteiger partial charge in [-0.15, -0.1) is 11.3 Å². The smallest absolute Gasteiger partial charge is 0.153 e. The van der Waals surface area contributed by atoms with Gasteiger partial charge < -0.3 is 5.73 Å². The Hall–Kier alpha value is -0.670. The van der Waals surface area contributed by atoms with Crippen LogP contribution in [0.2, 0.25) is 0 Å². The molecule has 82 valence electrons. The van der Waals surface area contributed by atoms with Crippen molar-refractivity contribution in [2.45, 2.75) is 44.1 Å². The molecule has 1 heterocycles.